The highest BCUT2D eigenvalue weighted by Crippen LogP contribution is 2.48. The first kappa shape index (κ1) is 8.74. The lowest BCUT2D eigenvalue weighted by atomic mass is 9.71. The van der Waals surface area contributed by atoms with Crippen LogP contribution in [0.1, 0.15) is 25.7 Å². The van der Waals surface area contributed by atoms with Crippen molar-refractivity contribution in [3.8, 4) is 0 Å². The van der Waals surface area contributed by atoms with Gasteiger partial charge in [0.1, 0.15) is 6.29 Å². The molecule has 0 heterocycles. The Balaban J connectivity index is 2.24. The predicted octanol–water partition coefficient (Wildman–Crippen LogP) is 2.73. The summed E-state index contributed by atoms with van der Waals surface area (Å²) in [6, 6.07) is 0. The summed E-state index contributed by atoms with van der Waals surface area (Å²) < 4.78 is 0. The Morgan fingerprint density at radius 3 is 2.62 bits per heavy atom. The summed E-state index contributed by atoms with van der Waals surface area (Å²) >= 11 is 0. The highest BCUT2D eigenvalue weighted by molar-refractivity contribution is 5.61. The molecule has 0 bridgehead atoms. The second kappa shape index (κ2) is 3.13. The largest absolute Gasteiger partial charge is 0.303 e. The molecule has 0 amide bonds. The van der Waals surface area contributed by atoms with Crippen molar-refractivity contribution in [2.24, 2.45) is 17.8 Å². The van der Waals surface area contributed by atoms with Crippen molar-refractivity contribution < 1.29 is 4.79 Å². The van der Waals surface area contributed by atoms with E-state index in [1.165, 1.54) is 30.4 Å². The Bertz CT molecular complexity index is 264. The van der Waals surface area contributed by atoms with Crippen molar-refractivity contribution >= 4 is 6.29 Å². The predicted molar refractivity (Wildman–Crippen MR) is 53.3 cm³/mol. The topological polar surface area (TPSA) is 17.1 Å². The number of hydrogen-bond acceptors (Lipinski definition) is 1. The average molecular weight is 176 g/mol. The minimum Gasteiger partial charge on any atom is -0.303 e. The van der Waals surface area contributed by atoms with E-state index in [9.17, 15) is 4.79 Å². The van der Waals surface area contributed by atoms with Gasteiger partial charge in [0.2, 0.25) is 0 Å². The van der Waals surface area contributed by atoms with Crippen LogP contribution in [0.4, 0.5) is 0 Å². The zero-order valence-corrected chi connectivity index (χ0v) is 7.96. The van der Waals surface area contributed by atoms with E-state index in [4.69, 9.17) is 0 Å². The van der Waals surface area contributed by atoms with Gasteiger partial charge in [-0.15, -0.1) is 0 Å². The standard InChI is InChI=1S/C12H16O/c1-8-6-10(7-13)9(2)12-5-3-4-11(8)12/h7,10-12H,1-6H2. The Labute approximate surface area is 79.5 Å². The Morgan fingerprint density at radius 2 is 1.92 bits per heavy atom. The Morgan fingerprint density at radius 1 is 1.23 bits per heavy atom. The van der Waals surface area contributed by atoms with Gasteiger partial charge in [0.05, 0.1) is 0 Å². The van der Waals surface area contributed by atoms with Crippen molar-refractivity contribution in [2.45, 2.75) is 25.7 Å². The number of carbonyl (C=O) groups is 1. The first-order chi connectivity index (χ1) is 6.24. The second-order valence-electron chi connectivity index (χ2n) is 4.32. The van der Waals surface area contributed by atoms with Gasteiger partial charge >= 0.3 is 0 Å². The number of aldehydes is 1. The van der Waals surface area contributed by atoms with E-state index in [2.05, 4.69) is 13.2 Å². The summed E-state index contributed by atoms with van der Waals surface area (Å²) in [4.78, 5) is 10.8. The molecule has 70 valence electrons. The molecular weight excluding hydrogens is 160 g/mol. The van der Waals surface area contributed by atoms with Gasteiger partial charge in [-0.1, -0.05) is 30.7 Å². The van der Waals surface area contributed by atoms with Crippen LogP contribution in [0.25, 0.3) is 0 Å². The van der Waals surface area contributed by atoms with Crippen LogP contribution in [-0.2, 0) is 4.79 Å². The quantitative estimate of drug-likeness (QED) is 0.443. The lowest BCUT2D eigenvalue weighted by molar-refractivity contribution is -0.110. The van der Waals surface area contributed by atoms with E-state index in [-0.39, 0.29) is 5.92 Å². The Kier molecular flexibility index (Phi) is 2.10. The minimum absolute atomic E-state index is 0.0619. The van der Waals surface area contributed by atoms with Gasteiger partial charge in [0, 0.05) is 5.92 Å². The molecule has 0 aromatic rings. The molecule has 0 spiro atoms. The molecule has 0 aliphatic heterocycles. The fourth-order valence-corrected chi connectivity index (χ4v) is 2.87. The number of fused-ring (bicyclic) bond motifs is 1. The van der Waals surface area contributed by atoms with Crippen molar-refractivity contribution in [1.29, 1.82) is 0 Å². The van der Waals surface area contributed by atoms with Crippen molar-refractivity contribution in [1.82, 2.24) is 0 Å². The molecule has 2 fully saturated rings. The third kappa shape index (κ3) is 1.27. The van der Waals surface area contributed by atoms with Gasteiger partial charge in [-0.05, 0) is 31.1 Å². The molecule has 0 aromatic heterocycles. The molecule has 0 aromatic carbocycles. The van der Waals surface area contributed by atoms with Gasteiger partial charge in [0.15, 0.2) is 0 Å². The molecule has 2 aliphatic rings. The highest BCUT2D eigenvalue weighted by Gasteiger charge is 2.38. The second-order valence-corrected chi connectivity index (χ2v) is 4.32. The zero-order chi connectivity index (χ0) is 9.42. The smallest absolute Gasteiger partial charge is 0.127 e. The maximum absolute atomic E-state index is 10.8. The average Bonchev–Trinajstić information content (AvgIpc) is 2.60. The molecule has 1 heteroatoms. The fraction of sp³-hybridized carbons (Fsp3) is 0.583. The molecule has 2 aliphatic carbocycles. The molecule has 0 radical (unpaired) electrons. The maximum Gasteiger partial charge on any atom is 0.127 e. The van der Waals surface area contributed by atoms with Crippen LogP contribution in [-0.4, -0.2) is 6.29 Å². The van der Waals surface area contributed by atoms with E-state index in [1.54, 1.807) is 0 Å². The van der Waals surface area contributed by atoms with E-state index < -0.39 is 0 Å². The van der Waals surface area contributed by atoms with Crippen LogP contribution < -0.4 is 0 Å². The summed E-state index contributed by atoms with van der Waals surface area (Å²) in [5.41, 5.74) is 2.46. The lowest BCUT2D eigenvalue weighted by Gasteiger charge is -2.33. The summed E-state index contributed by atoms with van der Waals surface area (Å²) in [5, 5.41) is 0. The maximum atomic E-state index is 10.8. The van der Waals surface area contributed by atoms with Crippen molar-refractivity contribution in [2.75, 3.05) is 0 Å². The highest BCUT2D eigenvalue weighted by atomic mass is 16.1. The summed E-state index contributed by atoms with van der Waals surface area (Å²) in [7, 11) is 0. The fourth-order valence-electron chi connectivity index (χ4n) is 2.87. The molecule has 13 heavy (non-hydrogen) atoms. The lowest BCUT2D eigenvalue weighted by Crippen LogP contribution is -2.25. The van der Waals surface area contributed by atoms with Crippen LogP contribution in [0.5, 0.6) is 0 Å². The first-order valence-electron chi connectivity index (χ1n) is 5.05. The zero-order valence-electron chi connectivity index (χ0n) is 7.96. The van der Waals surface area contributed by atoms with Crippen LogP contribution in [0, 0.1) is 17.8 Å². The summed E-state index contributed by atoms with van der Waals surface area (Å²) in [6.07, 6.45) is 5.64. The number of hydrogen-bond donors (Lipinski definition) is 0. The number of rotatable bonds is 1. The molecule has 0 N–H and O–H groups in total. The van der Waals surface area contributed by atoms with Gasteiger partial charge in [-0.3, -0.25) is 0 Å². The van der Waals surface area contributed by atoms with Gasteiger partial charge in [-0.25, -0.2) is 0 Å². The van der Waals surface area contributed by atoms with Crippen LogP contribution in [0.3, 0.4) is 0 Å². The molecule has 3 atom stereocenters. The van der Waals surface area contributed by atoms with Gasteiger partial charge in [0.25, 0.3) is 0 Å². The van der Waals surface area contributed by atoms with Crippen molar-refractivity contribution in [3.63, 3.8) is 0 Å². The monoisotopic (exact) mass is 176 g/mol. The van der Waals surface area contributed by atoms with E-state index in [1.807, 2.05) is 0 Å². The van der Waals surface area contributed by atoms with Crippen LogP contribution in [0.2, 0.25) is 0 Å². The SMILES string of the molecule is C=C1CC(C=O)C(=C)C2CCCC12. The number of allylic oxidation sites excluding steroid dienone is 2. The molecule has 3 unspecified atom stereocenters. The molecule has 0 saturated heterocycles. The Hall–Kier alpha value is -0.850. The first-order valence-corrected chi connectivity index (χ1v) is 5.05. The van der Waals surface area contributed by atoms with E-state index in [0.29, 0.717) is 11.8 Å². The minimum atomic E-state index is 0.0619. The van der Waals surface area contributed by atoms with Crippen LogP contribution >= 0.6 is 0 Å². The molecule has 2 rings (SSSR count). The normalized spacial score (nSPS) is 38.9. The van der Waals surface area contributed by atoms with Crippen LogP contribution in [0.15, 0.2) is 24.3 Å². The van der Waals surface area contributed by atoms with Gasteiger partial charge < -0.3 is 4.79 Å². The van der Waals surface area contributed by atoms with E-state index in [0.717, 1.165) is 12.7 Å². The van der Waals surface area contributed by atoms with Gasteiger partial charge in [-0.2, -0.15) is 0 Å². The number of carbonyl (C=O) groups excluding carboxylic acids is 1. The van der Waals surface area contributed by atoms with E-state index >= 15 is 0 Å². The third-order valence-corrected chi connectivity index (χ3v) is 3.64. The summed E-state index contributed by atoms with van der Waals surface area (Å²) in [6.45, 7) is 8.16. The third-order valence-electron chi connectivity index (χ3n) is 3.64. The van der Waals surface area contributed by atoms with Crippen molar-refractivity contribution in [3.05, 3.63) is 24.3 Å². The molecular formula is C12H16O. The molecule has 1 nitrogen and oxygen atoms in total. The summed E-state index contributed by atoms with van der Waals surface area (Å²) in [5.74, 6) is 1.27. The molecule has 2 saturated carbocycles.